The smallest absolute Gasteiger partial charge is 0.276 e. The van der Waals surface area contributed by atoms with Crippen molar-refractivity contribution in [3.63, 3.8) is 0 Å². The third-order valence-electron chi connectivity index (χ3n) is 3.26. The Balaban J connectivity index is 1.92. The van der Waals surface area contributed by atoms with Crippen molar-refractivity contribution in [2.24, 2.45) is 7.05 Å². The minimum atomic E-state index is -0.375. The molecule has 0 aliphatic rings. The number of nitrogens with one attached hydrogen (secondary N) is 1. The number of aromatic nitrogens is 3. The molecule has 0 saturated carbocycles. The van der Waals surface area contributed by atoms with Crippen LogP contribution < -0.4 is 10.9 Å². The van der Waals surface area contributed by atoms with Crippen LogP contribution in [0, 0.1) is 6.92 Å². The van der Waals surface area contributed by atoms with E-state index >= 15 is 0 Å². The molecular weight excluding hydrogens is 312 g/mol. The molecule has 2 heterocycles. The van der Waals surface area contributed by atoms with Gasteiger partial charge >= 0.3 is 0 Å². The number of anilines is 1. The summed E-state index contributed by atoms with van der Waals surface area (Å²) in [6.45, 7) is 1.93. The van der Waals surface area contributed by atoms with Gasteiger partial charge in [0.25, 0.3) is 11.5 Å². The maximum absolute atomic E-state index is 12.4. The average Bonchev–Trinajstić information content (AvgIpc) is 2.97. The Hall–Kier alpha value is -2.80. The molecule has 0 unspecified atom stereocenters. The van der Waals surface area contributed by atoms with Gasteiger partial charge in [-0.05, 0) is 19.1 Å². The van der Waals surface area contributed by atoms with Crippen molar-refractivity contribution in [1.29, 1.82) is 0 Å². The molecule has 1 aromatic carbocycles. The molecule has 3 rings (SSSR count). The van der Waals surface area contributed by atoms with Crippen LogP contribution >= 0.6 is 11.3 Å². The molecule has 0 saturated heterocycles. The van der Waals surface area contributed by atoms with Gasteiger partial charge in [0.2, 0.25) is 0 Å². The van der Waals surface area contributed by atoms with Gasteiger partial charge in [0.05, 0.1) is 16.4 Å². The normalized spacial score (nSPS) is 10.5. The van der Waals surface area contributed by atoms with Crippen LogP contribution in [0.4, 0.5) is 5.69 Å². The summed E-state index contributed by atoms with van der Waals surface area (Å²) < 4.78 is 1.13. The molecule has 6 nitrogen and oxygen atoms in total. The van der Waals surface area contributed by atoms with Crippen LogP contribution in [0.1, 0.15) is 15.5 Å². The molecule has 0 bridgehead atoms. The number of carbonyl (C=O) groups is 1. The van der Waals surface area contributed by atoms with E-state index in [2.05, 4.69) is 15.4 Å². The van der Waals surface area contributed by atoms with Gasteiger partial charge in [0.1, 0.15) is 5.69 Å². The summed E-state index contributed by atoms with van der Waals surface area (Å²) in [5.74, 6) is -0.375. The van der Waals surface area contributed by atoms with Gasteiger partial charge in [-0.2, -0.15) is 5.10 Å². The van der Waals surface area contributed by atoms with Crippen LogP contribution in [-0.4, -0.2) is 20.7 Å². The topological polar surface area (TPSA) is 76.9 Å². The third kappa shape index (κ3) is 3.19. The van der Waals surface area contributed by atoms with Crippen molar-refractivity contribution >= 4 is 22.9 Å². The van der Waals surface area contributed by atoms with Crippen molar-refractivity contribution < 1.29 is 4.79 Å². The number of amides is 1. The minimum Gasteiger partial charge on any atom is -0.320 e. The lowest BCUT2D eigenvalue weighted by Crippen LogP contribution is -2.23. The first-order valence-corrected chi connectivity index (χ1v) is 7.80. The number of benzene rings is 1. The number of rotatable bonds is 3. The van der Waals surface area contributed by atoms with Crippen LogP contribution in [0.3, 0.4) is 0 Å². The highest BCUT2D eigenvalue weighted by Gasteiger charge is 2.13. The zero-order valence-corrected chi connectivity index (χ0v) is 13.4. The predicted octanol–water partition coefficient (Wildman–Crippen LogP) is 2.46. The third-order valence-corrected chi connectivity index (χ3v) is 4.04. The lowest BCUT2D eigenvalue weighted by molar-refractivity contribution is 0.102. The Morgan fingerprint density at radius 1 is 1.22 bits per heavy atom. The van der Waals surface area contributed by atoms with E-state index in [1.54, 1.807) is 11.3 Å². The zero-order valence-electron chi connectivity index (χ0n) is 12.6. The Morgan fingerprint density at radius 3 is 2.70 bits per heavy atom. The lowest BCUT2D eigenvalue weighted by Gasteiger charge is -2.09. The van der Waals surface area contributed by atoms with Crippen molar-refractivity contribution in [2.75, 3.05) is 5.32 Å². The van der Waals surface area contributed by atoms with Gasteiger partial charge < -0.3 is 5.32 Å². The van der Waals surface area contributed by atoms with E-state index in [0.29, 0.717) is 5.69 Å². The van der Waals surface area contributed by atoms with E-state index in [0.717, 1.165) is 20.9 Å². The van der Waals surface area contributed by atoms with Crippen molar-refractivity contribution in [2.45, 2.75) is 6.92 Å². The fourth-order valence-electron chi connectivity index (χ4n) is 2.11. The molecular formula is C16H14N4O2S. The van der Waals surface area contributed by atoms with Gasteiger partial charge in [0, 0.05) is 24.1 Å². The molecule has 0 fully saturated rings. The van der Waals surface area contributed by atoms with Gasteiger partial charge in [-0.25, -0.2) is 9.67 Å². The van der Waals surface area contributed by atoms with Crippen LogP contribution in [0.5, 0.6) is 0 Å². The molecule has 0 spiro atoms. The molecule has 3 aromatic rings. The first-order valence-electron chi connectivity index (χ1n) is 6.92. The summed E-state index contributed by atoms with van der Waals surface area (Å²) in [7, 11) is 1.51. The maximum atomic E-state index is 12.4. The molecule has 0 atom stereocenters. The van der Waals surface area contributed by atoms with E-state index in [1.165, 1.54) is 19.2 Å². The molecule has 2 aromatic heterocycles. The Labute approximate surface area is 136 Å². The quantitative estimate of drug-likeness (QED) is 0.802. The van der Waals surface area contributed by atoms with Gasteiger partial charge in [-0.1, -0.05) is 18.2 Å². The molecule has 23 heavy (non-hydrogen) atoms. The SMILES string of the molecule is Cc1nc(-c2ccccc2NC(=O)c2ccc(=O)n(C)n2)cs1. The van der Waals surface area contributed by atoms with Crippen LogP contribution in [0.25, 0.3) is 11.3 Å². The van der Waals surface area contributed by atoms with E-state index in [-0.39, 0.29) is 17.2 Å². The number of para-hydroxylation sites is 1. The second kappa shape index (κ2) is 6.13. The number of carbonyl (C=O) groups excluding carboxylic acids is 1. The van der Waals surface area contributed by atoms with Gasteiger partial charge in [-0.15, -0.1) is 11.3 Å². The monoisotopic (exact) mass is 326 g/mol. The highest BCUT2D eigenvalue weighted by atomic mass is 32.1. The number of hydrogen-bond donors (Lipinski definition) is 1. The second-order valence-corrected chi connectivity index (χ2v) is 5.99. The highest BCUT2D eigenvalue weighted by molar-refractivity contribution is 7.09. The van der Waals surface area contributed by atoms with Crippen LogP contribution in [0.15, 0.2) is 46.6 Å². The molecule has 0 radical (unpaired) electrons. The van der Waals surface area contributed by atoms with E-state index in [4.69, 9.17) is 0 Å². The first-order chi connectivity index (χ1) is 11.0. The van der Waals surface area contributed by atoms with E-state index in [1.807, 2.05) is 36.6 Å². The summed E-state index contributed by atoms with van der Waals surface area (Å²) in [4.78, 5) is 28.2. The highest BCUT2D eigenvalue weighted by Crippen LogP contribution is 2.28. The summed E-state index contributed by atoms with van der Waals surface area (Å²) in [6, 6.07) is 10.2. The minimum absolute atomic E-state index is 0.177. The van der Waals surface area contributed by atoms with Gasteiger partial charge in [0.15, 0.2) is 0 Å². The van der Waals surface area contributed by atoms with Gasteiger partial charge in [-0.3, -0.25) is 9.59 Å². The summed E-state index contributed by atoms with van der Waals surface area (Å²) >= 11 is 1.55. The molecule has 7 heteroatoms. The fraction of sp³-hybridized carbons (Fsp3) is 0.125. The van der Waals surface area contributed by atoms with Crippen LogP contribution in [-0.2, 0) is 7.05 Å². The summed E-state index contributed by atoms with van der Waals surface area (Å²) in [6.07, 6.45) is 0. The van der Waals surface area contributed by atoms with Crippen molar-refractivity contribution in [3.05, 3.63) is 62.8 Å². The Morgan fingerprint density at radius 2 is 2.00 bits per heavy atom. The fourth-order valence-corrected chi connectivity index (χ4v) is 2.73. The predicted molar refractivity (Wildman–Crippen MR) is 89.7 cm³/mol. The molecule has 1 N–H and O–H groups in total. The molecule has 0 aliphatic carbocycles. The maximum Gasteiger partial charge on any atom is 0.276 e. The second-order valence-electron chi connectivity index (χ2n) is 4.93. The number of hydrogen-bond acceptors (Lipinski definition) is 5. The largest absolute Gasteiger partial charge is 0.320 e. The summed E-state index contributed by atoms with van der Waals surface area (Å²) in [5, 5.41) is 9.69. The first kappa shape index (κ1) is 15.1. The standard InChI is InChI=1S/C16H14N4O2S/c1-10-17-14(9-23-10)11-5-3-4-6-12(11)18-16(22)13-7-8-15(21)20(2)19-13/h3-9H,1-2H3,(H,18,22). The molecule has 1 amide bonds. The number of aryl methyl sites for hydroxylation is 2. The Kier molecular flexibility index (Phi) is 4.03. The van der Waals surface area contributed by atoms with E-state index in [9.17, 15) is 9.59 Å². The van der Waals surface area contributed by atoms with Crippen molar-refractivity contribution in [3.8, 4) is 11.3 Å². The average molecular weight is 326 g/mol. The lowest BCUT2D eigenvalue weighted by atomic mass is 10.1. The molecule has 0 aliphatic heterocycles. The van der Waals surface area contributed by atoms with Crippen LogP contribution in [0.2, 0.25) is 0 Å². The summed E-state index contributed by atoms with van der Waals surface area (Å²) in [5.41, 5.74) is 2.22. The zero-order chi connectivity index (χ0) is 16.4. The Bertz CT molecular complexity index is 930. The van der Waals surface area contributed by atoms with E-state index < -0.39 is 0 Å². The van der Waals surface area contributed by atoms with Crippen molar-refractivity contribution in [1.82, 2.24) is 14.8 Å². The molecule has 116 valence electrons. The number of thiazole rings is 1. The number of nitrogens with zero attached hydrogens (tertiary/aromatic N) is 3.